The van der Waals surface area contributed by atoms with Crippen molar-refractivity contribution < 1.29 is 13.9 Å². The zero-order chi connectivity index (χ0) is 21.4. The highest BCUT2D eigenvalue weighted by Crippen LogP contribution is 2.35. The van der Waals surface area contributed by atoms with Crippen molar-refractivity contribution in [2.24, 2.45) is 5.92 Å². The number of pyridine rings is 2. The van der Waals surface area contributed by atoms with Crippen LogP contribution in [0.2, 0.25) is 0 Å². The molecular formula is C23H23N5O3. The quantitative estimate of drug-likeness (QED) is 0.467. The normalized spacial score (nSPS) is 13.5. The smallest absolute Gasteiger partial charge is 0.303 e. The average molecular weight is 417 g/mol. The van der Waals surface area contributed by atoms with Gasteiger partial charge in [-0.15, -0.1) is 0 Å². The van der Waals surface area contributed by atoms with Crippen LogP contribution in [0.1, 0.15) is 26.7 Å². The molecule has 8 nitrogen and oxygen atoms in total. The molecule has 31 heavy (non-hydrogen) atoms. The van der Waals surface area contributed by atoms with Gasteiger partial charge < -0.3 is 14.5 Å². The van der Waals surface area contributed by atoms with Gasteiger partial charge in [0.15, 0.2) is 5.58 Å². The van der Waals surface area contributed by atoms with E-state index >= 15 is 0 Å². The number of carbonyl (C=O) groups excluding carboxylic acids is 1. The van der Waals surface area contributed by atoms with E-state index in [-0.39, 0.29) is 11.8 Å². The number of aromatic nitrogens is 3. The Morgan fingerprint density at radius 2 is 2.10 bits per heavy atom. The number of nitrogens with zero attached hydrogens (tertiary/aromatic N) is 4. The Hall–Kier alpha value is -3.68. The number of rotatable bonds is 7. The van der Waals surface area contributed by atoms with Crippen molar-refractivity contribution in [3.05, 3.63) is 42.9 Å². The second kappa shape index (κ2) is 7.86. The van der Waals surface area contributed by atoms with Gasteiger partial charge >= 0.3 is 6.01 Å². The highest BCUT2D eigenvalue weighted by molar-refractivity contribution is 5.99. The van der Waals surface area contributed by atoms with Crippen LogP contribution >= 0.6 is 0 Å². The maximum Gasteiger partial charge on any atom is 0.303 e. The second-order valence-corrected chi connectivity index (χ2v) is 7.52. The maximum absolute atomic E-state index is 12.2. The van der Waals surface area contributed by atoms with E-state index in [0.717, 1.165) is 40.6 Å². The summed E-state index contributed by atoms with van der Waals surface area (Å²) < 4.78 is 11.6. The van der Waals surface area contributed by atoms with E-state index in [2.05, 4.69) is 20.3 Å². The number of nitrogens with one attached hydrogen (secondary N) is 1. The van der Waals surface area contributed by atoms with Crippen LogP contribution in [0.25, 0.3) is 21.9 Å². The zero-order valence-corrected chi connectivity index (χ0v) is 17.5. The van der Waals surface area contributed by atoms with Crippen LogP contribution in [-0.2, 0) is 4.79 Å². The van der Waals surface area contributed by atoms with Gasteiger partial charge in [-0.1, -0.05) is 0 Å². The predicted molar refractivity (Wildman–Crippen MR) is 119 cm³/mol. The molecule has 1 saturated carbocycles. The highest BCUT2D eigenvalue weighted by Gasteiger charge is 2.30. The predicted octanol–water partition coefficient (Wildman–Crippen LogP) is 4.68. The van der Waals surface area contributed by atoms with Gasteiger partial charge in [-0.3, -0.25) is 14.7 Å². The van der Waals surface area contributed by atoms with E-state index in [1.807, 2.05) is 43.0 Å². The summed E-state index contributed by atoms with van der Waals surface area (Å²) in [7, 11) is 0. The lowest BCUT2D eigenvalue weighted by Gasteiger charge is -2.20. The third kappa shape index (κ3) is 3.76. The van der Waals surface area contributed by atoms with Crippen LogP contribution in [0, 0.1) is 5.92 Å². The number of anilines is 3. The fraction of sp³-hybridized carbons (Fsp3) is 0.304. The summed E-state index contributed by atoms with van der Waals surface area (Å²) >= 11 is 0. The van der Waals surface area contributed by atoms with Crippen LogP contribution in [0.5, 0.6) is 5.75 Å². The molecule has 1 aliphatic rings. The van der Waals surface area contributed by atoms with Gasteiger partial charge in [0.1, 0.15) is 17.1 Å². The number of benzene rings is 1. The van der Waals surface area contributed by atoms with Crippen molar-refractivity contribution in [2.75, 3.05) is 23.4 Å². The van der Waals surface area contributed by atoms with Crippen molar-refractivity contribution in [3.8, 4) is 5.75 Å². The third-order valence-corrected chi connectivity index (χ3v) is 5.32. The molecule has 3 aromatic heterocycles. The first kappa shape index (κ1) is 19.3. The zero-order valence-electron chi connectivity index (χ0n) is 17.5. The lowest BCUT2D eigenvalue weighted by molar-refractivity contribution is -0.117. The molecule has 158 valence electrons. The average Bonchev–Trinajstić information content (AvgIpc) is 3.55. The lowest BCUT2D eigenvalue weighted by Crippen LogP contribution is -2.17. The van der Waals surface area contributed by atoms with E-state index in [0.29, 0.717) is 30.6 Å². The van der Waals surface area contributed by atoms with Crippen LogP contribution in [0.15, 0.2) is 47.3 Å². The highest BCUT2D eigenvalue weighted by atomic mass is 16.5. The molecule has 0 saturated heterocycles. The van der Waals surface area contributed by atoms with Crippen molar-refractivity contribution in [1.29, 1.82) is 0 Å². The number of fused-ring (bicyclic) bond motifs is 2. The molecule has 1 amide bonds. The summed E-state index contributed by atoms with van der Waals surface area (Å²) in [5, 5.41) is 4.70. The number of ether oxygens (including phenoxy) is 1. The molecule has 8 heteroatoms. The monoisotopic (exact) mass is 417 g/mol. The van der Waals surface area contributed by atoms with Crippen LogP contribution in [-0.4, -0.2) is 34.0 Å². The summed E-state index contributed by atoms with van der Waals surface area (Å²) in [4.78, 5) is 27.6. The van der Waals surface area contributed by atoms with E-state index in [9.17, 15) is 4.79 Å². The van der Waals surface area contributed by atoms with Crippen LogP contribution in [0.3, 0.4) is 0 Å². The molecule has 1 fully saturated rings. The third-order valence-electron chi connectivity index (χ3n) is 5.32. The van der Waals surface area contributed by atoms with Gasteiger partial charge in [-0.2, -0.15) is 4.98 Å². The molecule has 0 atom stereocenters. The molecule has 4 aromatic rings. The molecule has 3 heterocycles. The SMILES string of the molecule is CCOc1ccc2oc(N(CC)c3cncc4cnc(NC(=O)C5CC5)cc34)nc2c1. The Bertz CT molecular complexity index is 1260. The van der Waals surface area contributed by atoms with E-state index in [4.69, 9.17) is 9.15 Å². The number of carbonyl (C=O) groups is 1. The van der Waals surface area contributed by atoms with Gasteiger partial charge in [0.2, 0.25) is 5.91 Å². The van der Waals surface area contributed by atoms with Crippen LogP contribution < -0.4 is 15.0 Å². The van der Waals surface area contributed by atoms with Crippen molar-refractivity contribution in [2.45, 2.75) is 26.7 Å². The molecule has 1 aromatic carbocycles. The number of hydrogen-bond donors (Lipinski definition) is 1. The number of hydrogen-bond acceptors (Lipinski definition) is 7. The Morgan fingerprint density at radius 3 is 2.87 bits per heavy atom. The molecular weight excluding hydrogens is 394 g/mol. The number of oxazole rings is 1. The Balaban J connectivity index is 1.54. The lowest BCUT2D eigenvalue weighted by atomic mass is 10.2. The summed E-state index contributed by atoms with van der Waals surface area (Å²) in [5.74, 6) is 1.43. The number of amides is 1. The van der Waals surface area contributed by atoms with Gasteiger partial charge in [0.05, 0.1) is 18.5 Å². The van der Waals surface area contributed by atoms with Crippen molar-refractivity contribution >= 4 is 45.3 Å². The molecule has 0 aliphatic heterocycles. The standard InChI is InChI=1S/C23H23N5O3/c1-3-28(23-26-18-9-16(30-4-2)7-8-20(18)31-23)19-13-24-11-15-12-25-21(10-17(15)19)27-22(29)14-5-6-14/h7-14H,3-6H2,1-2H3,(H,25,27,29). The maximum atomic E-state index is 12.2. The van der Waals surface area contributed by atoms with Crippen molar-refractivity contribution in [1.82, 2.24) is 15.0 Å². The molecule has 0 spiro atoms. The summed E-state index contributed by atoms with van der Waals surface area (Å²) in [6, 6.07) is 7.96. The first-order valence-electron chi connectivity index (χ1n) is 10.5. The molecule has 0 bridgehead atoms. The Labute approximate surface area is 179 Å². The topological polar surface area (TPSA) is 93.4 Å². The van der Waals surface area contributed by atoms with Gasteiger partial charge in [0, 0.05) is 41.7 Å². The molecule has 5 rings (SSSR count). The minimum atomic E-state index is 0.0267. The van der Waals surface area contributed by atoms with Gasteiger partial charge in [-0.25, -0.2) is 4.98 Å². The Kier molecular flexibility index (Phi) is 4.89. The minimum absolute atomic E-state index is 0.0267. The van der Waals surface area contributed by atoms with Gasteiger partial charge in [0.25, 0.3) is 0 Å². The molecule has 0 radical (unpaired) electrons. The first-order valence-corrected chi connectivity index (χ1v) is 10.5. The Morgan fingerprint density at radius 1 is 1.23 bits per heavy atom. The fourth-order valence-corrected chi connectivity index (χ4v) is 3.58. The largest absolute Gasteiger partial charge is 0.494 e. The van der Waals surface area contributed by atoms with Gasteiger partial charge in [-0.05, 0) is 44.9 Å². The molecule has 1 N–H and O–H groups in total. The summed E-state index contributed by atoms with van der Waals surface area (Å²) in [6.45, 7) is 5.18. The summed E-state index contributed by atoms with van der Waals surface area (Å²) in [5.41, 5.74) is 2.25. The van der Waals surface area contributed by atoms with E-state index in [1.165, 1.54) is 0 Å². The fourth-order valence-electron chi connectivity index (χ4n) is 3.58. The summed E-state index contributed by atoms with van der Waals surface area (Å²) in [6.07, 6.45) is 7.15. The van der Waals surface area contributed by atoms with Crippen molar-refractivity contribution in [3.63, 3.8) is 0 Å². The molecule has 0 unspecified atom stereocenters. The minimum Gasteiger partial charge on any atom is -0.494 e. The second-order valence-electron chi connectivity index (χ2n) is 7.52. The van der Waals surface area contributed by atoms with Crippen LogP contribution in [0.4, 0.5) is 17.5 Å². The van der Waals surface area contributed by atoms with E-state index in [1.54, 1.807) is 18.6 Å². The van der Waals surface area contributed by atoms with E-state index < -0.39 is 0 Å². The first-order chi connectivity index (χ1) is 15.2. The molecule has 1 aliphatic carbocycles.